The number of thioether (sulfide) groups is 1. The van der Waals surface area contributed by atoms with E-state index in [1.807, 2.05) is 6.92 Å². The molecule has 0 saturated carbocycles. The number of aryl methyl sites for hydroxylation is 2. The zero-order chi connectivity index (χ0) is 21.8. The first-order valence-corrected chi connectivity index (χ1v) is 13.3. The predicted octanol–water partition coefficient (Wildman–Crippen LogP) is 3.22. The van der Waals surface area contributed by atoms with Crippen LogP contribution in [0.15, 0.2) is 28.3 Å². The fraction of sp³-hybridized carbons (Fsp3) is 0.571. The standard InChI is InChI=1S/C21H29N5O3S2/c1-16-9-10-17(31(28,29)25-11-5-3-6-12-25)14-18(16)22-20(27)15-30-21-24-23-19-8-4-2-7-13-26(19)21/h9-10,14H,2-8,11-13,15H2,1H3,(H,22,27). The second-order valence-electron chi connectivity index (χ2n) is 8.14. The van der Waals surface area contributed by atoms with Crippen LogP contribution in [0.1, 0.15) is 49.9 Å². The first-order valence-electron chi connectivity index (χ1n) is 10.9. The number of piperidine rings is 1. The molecule has 1 N–H and O–H groups in total. The van der Waals surface area contributed by atoms with Crippen LogP contribution >= 0.6 is 11.8 Å². The number of anilines is 1. The van der Waals surface area contributed by atoms with Crippen LogP contribution in [0.4, 0.5) is 5.69 Å². The van der Waals surface area contributed by atoms with E-state index in [2.05, 4.69) is 20.1 Å². The van der Waals surface area contributed by atoms with Gasteiger partial charge in [0.2, 0.25) is 15.9 Å². The molecule has 1 fully saturated rings. The number of hydrogen-bond donors (Lipinski definition) is 1. The van der Waals surface area contributed by atoms with E-state index in [9.17, 15) is 13.2 Å². The van der Waals surface area contributed by atoms with Crippen LogP contribution in [0.3, 0.4) is 0 Å². The summed E-state index contributed by atoms with van der Waals surface area (Å²) in [5.41, 5.74) is 1.36. The molecule has 1 aromatic heterocycles. The van der Waals surface area contributed by atoms with Crippen molar-refractivity contribution >= 4 is 33.4 Å². The highest BCUT2D eigenvalue weighted by Crippen LogP contribution is 2.26. The van der Waals surface area contributed by atoms with Crippen LogP contribution in [0.5, 0.6) is 0 Å². The quantitative estimate of drug-likeness (QED) is 0.661. The molecule has 1 amide bonds. The van der Waals surface area contributed by atoms with Gasteiger partial charge in [0.1, 0.15) is 5.82 Å². The molecule has 2 aliphatic heterocycles. The van der Waals surface area contributed by atoms with E-state index in [-0.39, 0.29) is 16.6 Å². The highest BCUT2D eigenvalue weighted by Gasteiger charge is 2.26. The van der Waals surface area contributed by atoms with Gasteiger partial charge in [-0.2, -0.15) is 4.31 Å². The van der Waals surface area contributed by atoms with Crippen LogP contribution < -0.4 is 5.32 Å². The minimum Gasteiger partial charge on any atom is -0.325 e. The molecule has 0 radical (unpaired) electrons. The lowest BCUT2D eigenvalue weighted by Crippen LogP contribution is -2.35. The van der Waals surface area contributed by atoms with E-state index in [0.717, 1.165) is 61.6 Å². The molecule has 168 valence electrons. The van der Waals surface area contributed by atoms with Gasteiger partial charge in [0.15, 0.2) is 5.16 Å². The number of amides is 1. The molecule has 2 aromatic rings. The zero-order valence-corrected chi connectivity index (χ0v) is 19.5. The lowest BCUT2D eigenvalue weighted by molar-refractivity contribution is -0.113. The molecule has 10 heteroatoms. The van der Waals surface area contributed by atoms with Gasteiger partial charge in [0.05, 0.1) is 10.6 Å². The number of carbonyl (C=O) groups is 1. The van der Waals surface area contributed by atoms with Gasteiger partial charge in [-0.1, -0.05) is 30.7 Å². The number of sulfonamides is 1. The van der Waals surface area contributed by atoms with Gasteiger partial charge in [0, 0.05) is 31.7 Å². The topological polar surface area (TPSA) is 97.2 Å². The molecule has 3 heterocycles. The smallest absolute Gasteiger partial charge is 0.243 e. The summed E-state index contributed by atoms with van der Waals surface area (Å²) in [7, 11) is -3.54. The van der Waals surface area contributed by atoms with Gasteiger partial charge in [0.25, 0.3) is 0 Å². The third-order valence-corrected chi connectivity index (χ3v) is 8.71. The number of nitrogens with zero attached hydrogens (tertiary/aromatic N) is 4. The molecule has 1 saturated heterocycles. The van der Waals surface area contributed by atoms with Crippen LogP contribution in [0.25, 0.3) is 0 Å². The predicted molar refractivity (Wildman–Crippen MR) is 121 cm³/mol. The van der Waals surface area contributed by atoms with Crippen molar-refractivity contribution in [3.05, 3.63) is 29.6 Å². The second kappa shape index (κ2) is 9.70. The zero-order valence-electron chi connectivity index (χ0n) is 17.8. The van der Waals surface area contributed by atoms with E-state index in [4.69, 9.17) is 0 Å². The van der Waals surface area contributed by atoms with Gasteiger partial charge < -0.3 is 9.88 Å². The molecule has 1 aromatic carbocycles. The first-order chi connectivity index (χ1) is 14.9. The molecule has 0 bridgehead atoms. The van der Waals surface area contributed by atoms with Crippen molar-refractivity contribution in [3.63, 3.8) is 0 Å². The van der Waals surface area contributed by atoms with Crippen molar-refractivity contribution in [1.82, 2.24) is 19.1 Å². The van der Waals surface area contributed by atoms with Crippen LogP contribution in [-0.2, 0) is 27.8 Å². The molecular formula is C21H29N5O3S2. The van der Waals surface area contributed by atoms with Crippen molar-refractivity contribution in [2.45, 2.75) is 68.5 Å². The van der Waals surface area contributed by atoms with Gasteiger partial charge in [-0.15, -0.1) is 10.2 Å². The number of carbonyl (C=O) groups excluding carboxylic acids is 1. The molecule has 0 unspecified atom stereocenters. The number of benzene rings is 1. The van der Waals surface area contributed by atoms with Crippen molar-refractivity contribution in [2.75, 3.05) is 24.2 Å². The summed E-state index contributed by atoms with van der Waals surface area (Å²) in [6.45, 7) is 3.86. The Labute approximate surface area is 187 Å². The van der Waals surface area contributed by atoms with Gasteiger partial charge >= 0.3 is 0 Å². The normalized spacial score (nSPS) is 17.7. The summed E-state index contributed by atoms with van der Waals surface area (Å²) < 4.78 is 29.6. The lowest BCUT2D eigenvalue weighted by atomic mass is 10.2. The summed E-state index contributed by atoms with van der Waals surface area (Å²) >= 11 is 1.37. The van der Waals surface area contributed by atoms with E-state index in [0.29, 0.717) is 18.8 Å². The summed E-state index contributed by atoms with van der Waals surface area (Å²) in [5, 5.41) is 12.2. The highest BCUT2D eigenvalue weighted by atomic mass is 32.2. The third-order valence-electron chi connectivity index (χ3n) is 5.84. The van der Waals surface area contributed by atoms with Crippen molar-refractivity contribution in [3.8, 4) is 0 Å². The van der Waals surface area contributed by atoms with Crippen LogP contribution in [0.2, 0.25) is 0 Å². The number of aromatic nitrogens is 3. The molecule has 8 nitrogen and oxygen atoms in total. The van der Waals surface area contributed by atoms with Gasteiger partial charge in [-0.05, 0) is 50.3 Å². The Hall–Kier alpha value is -1.91. The highest BCUT2D eigenvalue weighted by molar-refractivity contribution is 7.99. The summed E-state index contributed by atoms with van der Waals surface area (Å²) in [6.07, 6.45) is 7.17. The molecule has 4 rings (SSSR count). The van der Waals surface area contributed by atoms with E-state index < -0.39 is 10.0 Å². The molecule has 0 aliphatic carbocycles. The minimum atomic E-state index is -3.54. The molecule has 31 heavy (non-hydrogen) atoms. The maximum absolute atomic E-state index is 13.0. The lowest BCUT2D eigenvalue weighted by Gasteiger charge is -2.26. The van der Waals surface area contributed by atoms with E-state index in [1.54, 1.807) is 22.5 Å². The van der Waals surface area contributed by atoms with Crippen molar-refractivity contribution < 1.29 is 13.2 Å². The Balaban J connectivity index is 1.42. The summed E-state index contributed by atoms with van der Waals surface area (Å²) in [6, 6.07) is 4.94. The van der Waals surface area contributed by atoms with Crippen LogP contribution in [0, 0.1) is 6.92 Å². The third kappa shape index (κ3) is 5.12. The molecular weight excluding hydrogens is 434 g/mol. The average molecular weight is 464 g/mol. The fourth-order valence-electron chi connectivity index (χ4n) is 4.03. The summed E-state index contributed by atoms with van der Waals surface area (Å²) in [4.78, 5) is 12.8. The minimum absolute atomic E-state index is 0.188. The first kappa shape index (κ1) is 22.3. The van der Waals surface area contributed by atoms with Crippen molar-refractivity contribution in [1.29, 1.82) is 0 Å². The maximum Gasteiger partial charge on any atom is 0.243 e. The largest absolute Gasteiger partial charge is 0.325 e. The number of nitrogens with one attached hydrogen (secondary N) is 1. The summed E-state index contributed by atoms with van der Waals surface area (Å²) in [5.74, 6) is 0.999. The Morgan fingerprint density at radius 2 is 1.81 bits per heavy atom. The Morgan fingerprint density at radius 3 is 2.61 bits per heavy atom. The SMILES string of the molecule is Cc1ccc(S(=O)(=O)N2CCCCC2)cc1NC(=O)CSc1nnc2n1CCCCC2. The van der Waals surface area contributed by atoms with E-state index >= 15 is 0 Å². The number of fused-ring (bicyclic) bond motifs is 1. The number of hydrogen-bond acceptors (Lipinski definition) is 6. The second-order valence-corrected chi connectivity index (χ2v) is 11.0. The van der Waals surface area contributed by atoms with Crippen LogP contribution in [-0.4, -0.2) is 52.2 Å². The van der Waals surface area contributed by atoms with Gasteiger partial charge in [-0.25, -0.2) is 8.42 Å². The van der Waals surface area contributed by atoms with Gasteiger partial charge in [-0.3, -0.25) is 4.79 Å². The molecule has 0 atom stereocenters. The monoisotopic (exact) mass is 463 g/mol. The fourth-order valence-corrected chi connectivity index (χ4v) is 6.36. The number of rotatable bonds is 6. The maximum atomic E-state index is 13.0. The van der Waals surface area contributed by atoms with E-state index in [1.165, 1.54) is 18.2 Å². The molecule has 2 aliphatic rings. The average Bonchev–Trinajstić information content (AvgIpc) is 3.00. The van der Waals surface area contributed by atoms with Crippen molar-refractivity contribution in [2.24, 2.45) is 0 Å². The Bertz CT molecular complexity index is 1050. The Kier molecular flexibility index (Phi) is 6.98. The molecule has 0 spiro atoms. The Morgan fingerprint density at radius 1 is 1.06 bits per heavy atom.